The van der Waals surface area contributed by atoms with Gasteiger partial charge in [0.1, 0.15) is 6.04 Å². The van der Waals surface area contributed by atoms with Gasteiger partial charge < -0.3 is 20.1 Å². The van der Waals surface area contributed by atoms with Crippen molar-refractivity contribution >= 4 is 5.91 Å². The first kappa shape index (κ1) is 13.7. The predicted molar refractivity (Wildman–Crippen MR) is 67.5 cm³/mol. The number of hydrogen-bond donors (Lipinski definition) is 2. The van der Waals surface area contributed by atoms with E-state index in [9.17, 15) is 4.79 Å². The average molecular weight is 257 g/mol. The van der Waals surface area contributed by atoms with Crippen LogP contribution >= 0.6 is 0 Å². The van der Waals surface area contributed by atoms with Crippen molar-refractivity contribution < 1.29 is 14.3 Å². The maximum atomic E-state index is 12.0. The van der Waals surface area contributed by atoms with Gasteiger partial charge in [-0.2, -0.15) is 0 Å². The van der Waals surface area contributed by atoms with Crippen molar-refractivity contribution in [3.8, 4) is 0 Å². The van der Waals surface area contributed by atoms with Crippen LogP contribution in [-0.2, 0) is 14.3 Å². The molecule has 1 amide bonds. The molecule has 18 heavy (non-hydrogen) atoms. The fraction of sp³-hybridized carbons (Fsp3) is 0.917. The van der Waals surface area contributed by atoms with Gasteiger partial charge in [0.25, 0.3) is 0 Å². The van der Waals surface area contributed by atoms with Crippen LogP contribution in [0.2, 0.25) is 0 Å². The molecule has 0 aromatic heterocycles. The molecule has 0 unspecified atom stereocenters. The van der Waals surface area contributed by atoms with Gasteiger partial charge in [0, 0.05) is 32.7 Å². The Labute approximate surface area is 108 Å². The minimum absolute atomic E-state index is 0.0375. The van der Waals surface area contributed by atoms with E-state index in [0.29, 0.717) is 13.2 Å². The third-order valence-electron chi connectivity index (χ3n) is 3.43. The lowest BCUT2D eigenvalue weighted by molar-refractivity contribution is -0.129. The number of carbonyl (C=O) groups excluding carboxylic acids is 1. The zero-order valence-corrected chi connectivity index (χ0v) is 11.0. The van der Waals surface area contributed by atoms with E-state index in [0.717, 1.165) is 39.4 Å². The lowest BCUT2D eigenvalue weighted by Gasteiger charge is -2.30. The molecule has 0 aromatic rings. The van der Waals surface area contributed by atoms with E-state index in [2.05, 4.69) is 15.5 Å². The molecule has 0 bridgehead atoms. The van der Waals surface area contributed by atoms with E-state index in [1.165, 1.54) is 0 Å². The second-order valence-corrected chi connectivity index (χ2v) is 4.75. The number of nitrogens with zero attached hydrogens (tertiary/aromatic N) is 1. The number of rotatable bonds is 4. The van der Waals surface area contributed by atoms with Crippen LogP contribution in [0.5, 0.6) is 0 Å². The van der Waals surface area contributed by atoms with Gasteiger partial charge in [0.05, 0.1) is 25.9 Å². The number of morpholine rings is 2. The van der Waals surface area contributed by atoms with Crippen LogP contribution in [0, 0.1) is 0 Å². The fourth-order valence-electron chi connectivity index (χ4n) is 2.30. The molecule has 104 valence electrons. The average Bonchev–Trinajstić information content (AvgIpc) is 2.40. The van der Waals surface area contributed by atoms with Crippen LogP contribution in [0.25, 0.3) is 0 Å². The summed E-state index contributed by atoms with van der Waals surface area (Å²) in [5.41, 5.74) is 0. The molecule has 2 atom stereocenters. The molecule has 0 radical (unpaired) electrons. The van der Waals surface area contributed by atoms with Gasteiger partial charge >= 0.3 is 0 Å². The van der Waals surface area contributed by atoms with Gasteiger partial charge in [-0.05, 0) is 6.92 Å². The molecule has 2 fully saturated rings. The van der Waals surface area contributed by atoms with Gasteiger partial charge in [-0.25, -0.2) is 0 Å². The van der Waals surface area contributed by atoms with E-state index in [4.69, 9.17) is 9.47 Å². The summed E-state index contributed by atoms with van der Waals surface area (Å²) < 4.78 is 10.7. The van der Waals surface area contributed by atoms with Crippen LogP contribution in [0.15, 0.2) is 0 Å². The van der Waals surface area contributed by atoms with Gasteiger partial charge in [-0.1, -0.05) is 0 Å². The number of hydrogen-bond acceptors (Lipinski definition) is 5. The highest BCUT2D eigenvalue weighted by molar-refractivity contribution is 5.82. The second-order valence-electron chi connectivity index (χ2n) is 4.75. The van der Waals surface area contributed by atoms with Crippen LogP contribution in [-0.4, -0.2) is 75.5 Å². The Balaban J connectivity index is 1.64. The zero-order chi connectivity index (χ0) is 12.8. The monoisotopic (exact) mass is 257 g/mol. The van der Waals surface area contributed by atoms with E-state index in [1.54, 1.807) is 0 Å². The number of ether oxygens (including phenoxy) is 2. The van der Waals surface area contributed by atoms with Crippen molar-refractivity contribution in [1.29, 1.82) is 0 Å². The summed E-state index contributed by atoms with van der Waals surface area (Å²) in [7, 11) is 0. The smallest absolute Gasteiger partial charge is 0.239 e. The standard InChI is InChI=1S/C12H23N3O3/c1-10-11(13-3-7-18-10)12(16)14-2-4-15-5-8-17-9-6-15/h10-11,13H,2-9H2,1H3,(H,14,16)/t10-,11+/m1/s1. The summed E-state index contributed by atoms with van der Waals surface area (Å²) >= 11 is 0. The molecule has 0 aromatic carbocycles. The van der Waals surface area contributed by atoms with Crippen molar-refractivity contribution in [2.75, 3.05) is 52.5 Å². The van der Waals surface area contributed by atoms with Crippen molar-refractivity contribution in [2.45, 2.75) is 19.1 Å². The van der Waals surface area contributed by atoms with Gasteiger partial charge in [0.15, 0.2) is 0 Å². The van der Waals surface area contributed by atoms with Crippen molar-refractivity contribution in [1.82, 2.24) is 15.5 Å². The Bertz CT molecular complexity index is 269. The quantitative estimate of drug-likeness (QED) is 0.663. The topological polar surface area (TPSA) is 62.8 Å². The Kier molecular flexibility index (Phi) is 5.37. The molecule has 2 rings (SSSR count). The minimum atomic E-state index is -0.219. The largest absolute Gasteiger partial charge is 0.379 e. The molecular formula is C12H23N3O3. The first-order chi connectivity index (χ1) is 8.77. The normalized spacial score (nSPS) is 30.1. The highest BCUT2D eigenvalue weighted by Gasteiger charge is 2.27. The molecule has 0 spiro atoms. The molecule has 6 heteroatoms. The first-order valence-electron chi connectivity index (χ1n) is 6.70. The second kappa shape index (κ2) is 7.04. The van der Waals surface area contributed by atoms with Crippen LogP contribution in [0.4, 0.5) is 0 Å². The Morgan fingerprint density at radius 1 is 1.39 bits per heavy atom. The maximum Gasteiger partial charge on any atom is 0.239 e. The molecule has 2 aliphatic rings. The molecule has 2 heterocycles. The van der Waals surface area contributed by atoms with Crippen LogP contribution < -0.4 is 10.6 Å². The lowest BCUT2D eigenvalue weighted by Crippen LogP contribution is -2.56. The Morgan fingerprint density at radius 3 is 2.89 bits per heavy atom. The third-order valence-corrected chi connectivity index (χ3v) is 3.43. The summed E-state index contributed by atoms with van der Waals surface area (Å²) in [5, 5.41) is 6.15. The highest BCUT2D eigenvalue weighted by Crippen LogP contribution is 2.03. The molecule has 2 aliphatic heterocycles. The fourth-order valence-corrected chi connectivity index (χ4v) is 2.30. The van der Waals surface area contributed by atoms with E-state index in [-0.39, 0.29) is 18.1 Å². The third kappa shape index (κ3) is 3.91. The van der Waals surface area contributed by atoms with Gasteiger partial charge in [-0.15, -0.1) is 0 Å². The summed E-state index contributed by atoms with van der Waals surface area (Å²) in [6.07, 6.45) is -0.0536. The van der Waals surface area contributed by atoms with Crippen LogP contribution in [0.3, 0.4) is 0 Å². The van der Waals surface area contributed by atoms with Crippen molar-refractivity contribution in [2.24, 2.45) is 0 Å². The first-order valence-corrected chi connectivity index (χ1v) is 6.70. The maximum absolute atomic E-state index is 12.0. The predicted octanol–water partition coefficient (Wildman–Crippen LogP) is -1.19. The summed E-state index contributed by atoms with van der Waals surface area (Å²) in [6.45, 7) is 8.42. The highest BCUT2D eigenvalue weighted by atomic mass is 16.5. The summed E-state index contributed by atoms with van der Waals surface area (Å²) in [6, 6.07) is -0.219. The van der Waals surface area contributed by atoms with Crippen LogP contribution in [0.1, 0.15) is 6.92 Å². The van der Waals surface area contributed by atoms with Gasteiger partial charge in [0.2, 0.25) is 5.91 Å². The molecule has 0 aliphatic carbocycles. The summed E-state index contributed by atoms with van der Waals surface area (Å²) in [5.74, 6) is 0.0375. The van der Waals surface area contributed by atoms with E-state index >= 15 is 0 Å². The minimum Gasteiger partial charge on any atom is -0.379 e. The number of carbonyl (C=O) groups is 1. The molecule has 0 saturated carbocycles. The van der Waals surface area contributed by atoms with E-state index in [1.807, 2.05) is 6.92 Å². The lowest BCUT2D eigenvalue weighted by atomic mass is 10.1. The SMILES string of the molecule is C[C@H]1OCCN[C@@H]1C(=O)NCCN1CCOCC1. The molecular weight excluding hydrogens is 234 g/mol. The van der Waals surface area contributed by atoms with E-state index < -0.39 is 0 Å². The van der Waals surface area contributed by atoms with Crippen molar-refractivity contribution in [3.05, 3.63) is 0 Å². The Morgan fingerprint density at radius 2 is 2.17 bits per heavy atom. The molecule has 2 saturated heterocycles. The van der Waals surface area contributed by atoms with Crippen molar-refractivity contribution in [3.63, 3.8) is 0 Å². The summed E-state index contributed by atoms with van der Waals surface area (Å²) in [4.78, 5) is 14.3. The van der Waals surface area contributed by atoms with Gasteiger partial charge in [-0.3, -0.25) is 9.69 Å². The number of nitrogens with one attached hydrogen (secondary N) is 2. The molecule has 2 N–H and O–H groups in total. The zero-order valence-electron chi connectivity index (χ0n) is 11.0. The molecule has 6 nitrogen and oxygen atoms in total. The Hall–Kier alpha value is -0.690. The number of amides is 1.